The third kappa shape index (κ3) is 5.60. The van der Waals surface area contributed by atoms with E-state index in [2.05, 4.69) is 20.6 Å². The third-order valence-electron chi connectivity index (χ3n) is 5.19. The maximum Gasteiger partial charge on any atom is 0.416 e. The van der Waals surface area contributed by atoms with Gasteiger partial charge in [-0.1, -0.05) is 18.2 Å². The smallest absolute Gasteiger partial charge is 0.416 e. The highest BCUT2D eigenvalue weighted by Crippen LogP contribution is 2.34. The van der Waals surface area contributed by atoms with Gasteiger partial charge in [-0.3, -0.25) is 4.79 Å². The maximum absolute atomic E-state index is 12.9. The highest BCUT2D eigenvalue weighted by Gasteiger charge is 2.30. The summed E-state index contributed by atoms with van der Waals surface area (Å²) in [6, 6.07) is 15.1. The number of nitrogens with one attached hydrogen (secondary N) is 2. The first-order valence-electron chi connectivity index (χ1n) is 10.5. The number of hydrogen-bond donors (Lipinski definition) is 2. The van der Waals surface area contributed by atoms with Crippen molar-refractivity contribution in [3.63, 3.8) is 0 Å². The number of ether oxygens (including phenoxy) is 2. The Hall–Kier alpha value is -4.34. The van der Waals surface area contributed by atoms with Gasteiger partial charge in [0.2, 0.25) is 5.91 Å². The van der Waals surface area contributed by atoms with Gasteiger partial charge < -0.3 is 20.1 Å². The van der Waals surface area contributed by atoms with E-state index < -0.39 is 17.6 Å². The van der Waals surface area contributed by atoms with Gasteiger partial charge in [-0.05, 0) is 42.0 Å². The molecule has 0 saturated carbocycles. The average Bonchev–Trinajstić information content (AvgIpc) is 2.84. The van der Waals surface area contributed by atoms with E-state index >= 15 is 0 Å². The first-order chi connectivity index (χ1) is 16.8. The minimum atomic E-state index is -4.46. The molecule has 0 aliphatic carbocycles. The van der Waals surface area contributed by atoms with Crippen molar-refractivity contribution in [3.05, 3.63) is 78.1 Å². The second kappa shape index (κ2) is 9.88. The van der Waals surface area contributed by atoms with Crippen LogP contribution in [0.4, 0.5) is 30.4 Å². The molecule has 180 valence electrons. The molecule has 0 spiro atoms. The van der Waals surface area contributed by atoms with E-state index in [0.717, 1.165) is 17.5 Å². The molecule has 0 aliphatic heterocycles. The molecule has 1 amide bonds. The molecule has 7 nitrogen and oxygen atoms in total. The van der Waals surface area contributed by atoms with Gasteiger partial charge in [0.05, 0.1) is 31.7 Å². The van der Waals surface area contributed by atoms with Crippen molar-refractivity contribution < 1.29 is 27.4 Å². The molecule has 3 aromatic carbocycles. The number of aromatic nitrogens is 2. The molecule has 0 saturated heterocycles. The van der Waals surface area contributed by atoms with E-state index in [-0.39, 0.29) is 12.0 Å². The first kappa shape index (κ1) is 23.8. The Bertz CT molecular complexity index is 1360. The third-order valence-corrected chi connectivity index (χ3v) is 5.19. The number of halogens is 3. The minimum absolute atomic E-state index is 0.178. The highest BCUT2D eigenvalue weighted by molar-refractivity contribution is 5.94. The number of alkyl halides is 3. The predicted molar refractivity (Wildman–Crippen MR) is 126 cm³/mol. The number of carbonyl (C=O) groups excluding carboxylic acids is 1. The summed E-state index contributed by atoms with van der Waals surface area (Å²) >= 11 is 0. The van der Waals surface area contributed by atoms with Gasteiger partial charge in [-0.15, -0.1) is 0 Å². The zero-order valence-electron chi connectivity index (χ0n) is 18.8. The standard InChI is InChI=1S/C25H21F3N4O3/c1-34-21-12-19-20(13-22(21)35-2)29-14-30-24(19)32-18-8-6-17(7-9-18)31-23(33)11-15-4-3-5-16(10-15)25(26,27)28/h3-10,12-14H,11H2,1-2H3,(H,31,33)(H,29,30,32). The molecular weight excluding hydrogens is 461 g/mol. The maximum atomic E-state index is 12.9. The van der Waals surface area contributed by atoms with Crippen molar-refractivity contribution in [2.24, 2.45) is 0 Å². The zero-order chi connectivity index (χ0) is 25.0. The number of anilines is 3. The summed E-state index contributed by atoms with van der Waals surface area (Å²) in [4.78, 5) is 20.9. The quantitative estimate of drug-likeness (QED) is 0.357. The van der Waals surface area contributed by atoms with Crippen molar-refractivity contribution in [2.45, 2.75) is 12.6 Å². The van der Waals surface area contributed by atoms with Crippen LogP contribution in [-0.2, 0) is 17.4 Å². The lowest BCUT2D eigenvalue weighted by Crippen LogP contribution is -2.15. The Balaban J connectivity index is 1.45. The van der Waals surface area contributed by atoms with E-state index in [1.807, 2.05) is 0 Å². The lowest BCUT2D eigenvalue weighted by Gasteiger charge is -2.12. The summed E-state index contributed by atoms with van der Waals surface area (Å²) in [7, 11) is 3.09. The Morgan fingerprint density at radius 1 is 0.914 bits per heavy atom. The first-order valence-corrected chi connectivity index (χ1v) is 10.5. The average molecular weight is 482 g/mol. The normalized spacial score (nSPS) is 11.2. The van der Waals surface area contributed by atoms with Crippen molar-refractivity contribution >= 4 is 34.0 Å². The van der Waals surface area contributed by atoms with E-state index in [4.69, 9.17) is 9.47 Å². The molecule has 0 unspecified atom stereocenters. The van der Waals surface area contributed by atoms with Crippen molar-refractivity contribution in [3.8, 4) is 11.5 Å². The van der Waals surface area contributed by atoms with Crippen LogP contribution in [0.5, 0.6) is 11.5 Å². The molecule has 0 fully saturated rings. The highest BCUT2D eigenvalue weighted by atomic mass is 19.4. The predicted octanol–water partition coefficient (Wildman–Crippen LogP) is 5.59. The number of rotatable bonds is 7. The van der Waals surface area contributed by atoms with Crippen LogP contribution >= 0.6 is 0 Å². The van der Waals surface area contributed by atoms with Crippen LogP contribution in [0.25, 0.3) is 10.9 Å². The number of benzene rings is 3. The Kier molecular flexibility index (Phi) is 6.72. The Morgan fingerprint density at radius 2 is 1.60 bits per heavy atom. The van der Waals surface area contributed by atoms with Gasteiger partial charge in [0.1, 0.15) is 12.1 Å². The number of nitrogens with zero attached hydrogens (tertiary/aromatic N) is 2. The Morgan fingerprint density at radius 3 is 2.29 bits per heavy atom. The van der Waals surface area contributed by atoms with Crippen LogP contribution in [0, 0.1) is 0 Å². The monoisotopic (exact) mass is 482 g/mol. The van der Waals surface area contributed by atoms with Crippen molar-refractivity contribution in [1.29, 1.82) is 0 Å². The summed E-state index contributed by atoms with van der Waals surface area (Å²) in [5.74, 6) is 1.22. The topological polar surface area (TPSA) is 85.4 Å². The number of hydrogen-bond acceptors (Lipinski definition) is 6. The molecule has 10 heteroatoms. The summed E-state index contributed by atoms with van der Waals surface area (Å²) in [6.07, 6.45) is -3.21. The molecule has 0 radical (unpaired) electrons. The lowest BCUT2D eigenvalue weighted by atomic mass is 10.1. The molecule has 4 rings (SSSR count). The van der Waals surface area contributed by atoms with E-state index in [0.29, 0.717) is 34.2 Å². The van der Waals surface area contributed by atoms with Crippen LogP contribution in [-0.4, -0.2) is 30.1 Å². The van der Waals surface area contributed by atoms with Gasteiger partial charge in [-0.25, -0.2) is 9.97 Å². The molecule has 1 aromatic heterocycles. The van der Waals surface area contributed by atoms with Gasteiger partial charge in [0, 0.05) is 22.8 Å². The van der Waals surface area contributed by atoms with Crippen LogP contribution < -0.4 is 20.1 Å². The molecule has 2 N–H and O–H groups in total. The van der Waals surface area contributed by atoms with Crippen LogP contribution in [0.15, 0.2) is 67.0 Å². The van der Waals surface area contributed by atoms with E-state index in [1.165, 1.54) is 18.5 Å². The van der Waals surface area contributed by atoms with Gasteiger partial charge in [-0.2, -0.15) is 13.2 Å². The van der Waals surface area contributed by atoms with Gasteiger partial charge >= 0.3 is 6.18 Å². The minimum Gasteiger partial charge on any atom is -0.493 e. The number of methoxy groups -OCH3 is 2. The summed E-state index contributed by atoms with van der Waals surface area (Å²) in [5, 5.41) is 6.63. The molecular formula is C25H21F3N4O3. The lowest BCUT2D eigenvalue weighted by molar-refractivity contribution is -0.137. The SMILES string of the molecule is COc1cc2ncnc(Nc3ccc(NC(=O)Cc4cccc(C(F)(F)F)c4)cc3)c2cc1OC. The van der Waals surface area contributed by atoms with E-state index in [9.17, 15) is 18.0 Å². The molecule has 4 aromatic rings. The van der Waals surface area contributed by atoms with E-state index in [1.54, 1.807) is 50.6 Å². The van der Waals surface area contributed by atoms with Crippen molar-refractivity contribution in [1.82, 2.24) is 9.97 Å². The molecule has 1 heterocycles. The van der Waals surface area contributed by atoms with Crippen LogP contribution in [0.3, 0.4) is 0 Å². The summed E-state index contributed by atoms with van der Waals surface area (Å²) in [6.45, 7) is 0. The molecule has 0 aliphatic rings. The molecule has 0 atom stereocenters. The second-order valence-electron chi connectivity index (χ2n) is 7.57. The molecule has 35 heavy (non-hydrogen) atoms. The molecule has 0 bridgehead atoms. The number of carbonyl (C=O) groups is 1. The van der Waals surface area contributed by atoms with Gasteiger partial charge in [0.25, 0.3) is 0 Å². The zero-order valence-corrected chi connectivity index (χ0v) is 18.8. The summed E-state index contributed by atoms with van der Waals surface area (Å²) in [5.41, 5.74) is 1.37. The van der Waals surface area contributed by atoms with Crippen LogP contribution in [0.2, 0.25) is 0 Å². The van der Waals surface area contributed by atoms with Crippen LogP contribution in [0.1, 0.15) is 11.1 Å². The second-order valence-corrected chi connectivity index (χ2v) is 7.57. The van der Waals surface area contributed by atoms with Crippen molar-refractivity contribution in [2.75, 3.05) is 24.9 Å². The number of amides is 1. The fourth-order valence-electron chi connectivity index (χ4n) is 3.50. The number of fused-ring (bicyclic) bond motifs is 1. The summed E-state index contributed by atoms with van der Waals surface area (Å²) < 4.78 is 49.3. The fraction of sp³-hybridized carbons (Fsp3) is 0.160. The van der Waals surface area contributed by atoms with Gasteiger partial charge in [0.15, 0.2) is 11.5 Å². The Labute approximate surface area is 198 Å². The largest absolute Gasteiger partial charge is 0.493 e. The fourth-order valence-corrected chi connectivity index (χ4v) is 3.50.